The molecule has 0 aliphatic carbocycles. The molecule has 0 amide bonds. The Balaban J connectivity index is 2.13. The largest absolute Gasteiger partial charge is 0.454 e. The number of Topliss-reactive ketones (excluding diaryl/α,β-unsaturated/α-hetero) is 1. The third kappa shape index (κ3) is 1.73. The van der Waals surface area contributed by atoms with Crippen LogP contribution in [0.4, 0.5) is 0 Å². The molecule has 0 spiro atoms. The van der Waals surface area contributed by atoms with Gasteiger partial charge in [0.2, 0.25) is 5.78 Å². The third-order valence-electron chi connectivity index (χ3n) is 3.22. The SMILES string of the molecule is O=C1c2ccccc2O[C@](O)(c2ccccc2)[C@@H]1O. The molecule has 1 heterocycles. The predicted molar refractivity (Wildman–Crippen MR) is 67.7 cm³/mol. The molecule has 0 saturated carbocycles. The van der Waals surface area contributed by atoms with Gasteiger partial charge < -0.3 is 14.9 Å². The highest BCUT2D eigenvalue weighted by molar-refractivity contribution is 6.03. The van der Waals surface area contributed by atoms with E-state index in [1.54, 1.807) is 54.6 Å². The minimum atomic E-state index is -2.05. The van der Waals surface area contributed by atoms with Crippen LogP contribution in [0.15, 0.2) is 54.6 Å². The van der Waals surface area contributed by atoms with Gasteiger partial charge in [-0.3, -0.25) is 4.79 Å². The minimum absolute atomic E-state index is 0.268. The summed E-state index contributed by atoms with van der Waals surface area (Å²) < 4.78 is 5.47. The van der Waals surface area contributed by atoms with Gasteiger partial charge in [-0.25, -0.2) is 0 Å². The number of carbonyl (C=O) groups is 1. The van der Waals surface area contributed by atoms with Crippen LogP contribution in [-0.2, 0) is 5.79 Å². The van der Waals surface area contributed by atoms with E-state index in [-0.39, 0.29) is 11.3 Å². The fraction of sp³-hybridized carbons (Fsp3) is 0.133. The summed E-state index contributed by atoms with van der Waals surface area (Å²) in [7, 11) is 0. The van der Waals surface area contributed by atoms with Gasteiger partial charge in [-0.15, -0.1) is 0 Å². The zero-order valence-corrected chi connectivity index (χ0v) is 9.98. The first-order valence-electron chi connectivity index (χ1n) is 5.91. The van der Waals surface area contributed by atoms with Crippen molar-refractivity contribution in [3.63, 3.8) is 0 Å². The summed E-state index contributed by atoms with van der Waals surface area (Å²) >= 11 is 0. The molecule has 0 radical (unpaired) electrons. The van der Waals surface area contributed by atoms with Gasteiger partial charge in [-0.1, -0.05) is 42.5 Å². The van der Waals surface area contributed by atoms with Gasteiger partial charge in [0.15, 0.2) is 6.10 Å². The highest BCUT2D eigenvalue weighted by Gasteiger charge is 2.49. The summed E-state index contributed by atoms with van der Waals surface area (Å²) in [4.78, 5) is 12.1. The average Bonchev–Trinajstić information content (AvgIpc) is 2.46. The number of aliphatic hydroxyl groups excluding tert-OH is 1. The molecule has 19 heavy (non-hydrogen) atoms. The Labute approximate surface area is 109 Å². The molecule has 4 heteroatoms. The Hall–Kier alpha value is -2.17. The Morgan fingerprint density at radius 1 is 1.00 bits per heavy atom. The van der Waals surface area contributed by atoms with E-state index in [2.05, 4.69) is 0 Å². The van der Waals surface area contributed by atoms with E-state index in [1.165, 1.54) is 0 Å². The number of benzene rings is 2. The first-order chi connectivity index (χ1) is 9.13. The molecule has 2 atom stereocenters. The van der Waals surface area contributed by atoms with Crippen LogP contribution in [0, 0.1) is 0 Å². The lowest BCUT2D eigenvalue weighted by atomic mass is 9.90. The molecule has 3 rings (SSSR count). The zero-order valence-electron chi connectivity index (χ0n) is 9.98. The van der Waals surface area contributed by atoms with Crippen molar-refractivity contribution in [2.75, 3.05) is 0 Å². The Bertz CT molecular complexity index is 623. The molecule has 1 aliphatic heterocycles. The Kier molecular flexibility index (Phi) is 2.62. The number of fused-ring (bicyclic) bond motifs is 1. The zero-order chi connectivity index (χ0) is 13.5. The van der Waals surface area contributed by atoms with Crippen molar-refractivity contribution in [1.29, 1.82) is 0 Å². The molecule has 2 aromatic rings. The molecule has 0 fully saturated rings. The monoisotopic (exact) mass is 256 g/mol. The highest BCUT2D eigenvalue weighted by atomic mass is 16.6. The van der Waals surface area contributed by atoms with Crippen molar-refractivity contribution < 1.29 is 19.7 Å². The maximum Gasteiger partial charge on any atom is 0.268 e. The van der Waals surface area contributed by atoms with Crippen molar-refractivity contribution in [2.45, 2.75) is 11.9 Å². The second kappa shape index (κ2) is 4.19. The van der Waals surface area contributed by atoms with E-state index in [0.29, 0.717) is 5.56 Å². The summed E-state index contributed by atoms with van der Waals surface area (Å²) in [5.74, 6) is -2.33. The van der Waals surface area contributed by atoms with E-state index in [0.717, 1.165) is 0 Å². The molecule has 2 N–H and O–H groups in total. The maximum absolute atomic E-state index is 12.1. The second-order valence-electron chi connectivity index (χ2n) is 4.43. The van der Waals surface area contributed by atoms with E-state index in [9.17, 15) is 15.0 Å². The molecule has 96 valence electrons. The van der Waals surface area contributed by atoms with E-state index < -0.39 is 17.7 Å². The summed E-state index contributed by atoms with van der Waals surface area (Å²) in [5.41, 5.74) is 0.612. The number of ketones is 1. The summed E-state index contributed by atoms with van der Waals surface area (Å²) in [5, 5.41) is 20.6. The number of ether oxygens (including phenoxy) is 1. The summed E-state index contributed by atoms with van der Waals surface area (Å²) in [6.07, 6.45) is -1.65. The van der Waals surface area contributed by atoms with E-state index in [4.69, 9.17) is 4.74 Å². The minimum Gasteiger partial charge on any atom is -0.454 e. The number of hydrogen-bond donors (Lipinski definition) is 2. The first kappa shape index (κ1) is 11.9. The lowest BCUT2D eigenvalue weighted by Gasteiger charge is -2.37. The standard InChI is InChI=1S/C15H12O4/c16-13-11-8-4-5-9-12(11)19-15(18,14(13)17)10-6-2-1-3-7-10/h1-9,14,17-18H/t14-,15-/m1/s1. The van der Waals surface area contributed by atoms with Crippen molar-refractivity contribution in [3.05, 3.63) is 65.7 Å². The molecule has 0 aromatic heterocycles. The van der Waals surface area contributed by atoms with Gasteiger partial charge in [0.05, 0.1) is 5.56 Å². The van der Waals surface area contributed by atoms with Crippen LogP contribution in [-0.4, -0.2) is 22.1 Å². The quantitative estimate of drug-likeness (QED) is 0.810. The lowest BCUT2D eigenvalue weighted by molar-refractivity contribution is -0.203. The number of aliphatic hydroxyl groups is 2. The van der Waals surface area contributed by atoms with Crippen LogP contribution in [0.3, 0.4) is 0 Å². The van der Waals surface area contributed by atoms with Gasteiger partial charge in [-0.05, 0) is 12.1 Å². The molecule has 0 saturated heterocycles. The van der Waals surface area contributed by atoms with Crippen molar-refractivity contribution in [1.82, 2.24) is 0 Å². The molecule has 2 aromatic carbocycles. The molecule has 4 nitrogen and oxygen atoms in total. The maximum atomic E-state index is 12.1. The molecular weight excluding hydrogens is 244 g/mol. The number of hydrogen-bond acceptors (Lipinski definition) is 4. The summed E-state index contributed by atoms with van der Waals surface area (Å²) in [6.45, 7) is 0. The molecule has 0 unspecified atom stereocenters. The van der Waals surface area contributed by atoms with Gasteiger partial charge >= 0.3 is 0 Å². The number of carbonyl (C=O) groups excluding carboxylic acids is 1. The van der Waals surface area contributed by atoms with Crippen LogP contribution in [0.5, 0.6) is 5.75 Å². The van der Waals surface area contributed by atoms with Crippen molar-refractivity contribution in [3.8, 4) is 5.75 Å². The first-order valence-corrected chi connectivity index (χ1v) is 5.91. The van der Waals surface area contributed by atoms with Crippen LogP contribution in [0.1, 0.15) is 15.9 Å². The number of para-hydroxylation sites is 1. The van der Waals surface area contributed by atoms with Crippen molar-refractivity contribution >= 4 is 5.78 Å². The average molecular weight is 256 g/mol. The normalized spacial score (nSPS) is 25.6. The fourth-order valence-electron chi connectivity index (χ4n) is 2.20. The molecule has 0 bridgehead atoms. The Morgan fingerprint density at radius 2 is 1.63 bits per heavy atom. The topological polar surface area (TPSA) is 66.8 Å². The predicted octanol–water partition coefficient (Wildman–Crippen LogP) is 1.47. The van der Waals surface area contributed by atoms with Gasteiger partial charge in [-0.2, -0.15) is 0 Å². The fourth-order valence-corrected chi connectivity index (χ4v) is 2.20. The number of rotatable bonds is 1. The third-order valence-corrected chi connectivity index (χ3v) is 3.22. The van der Waals surface area contributed by atoms with Gasteiger partial charge in [0.1, 0.15) is 5.75 Å². The van der Waals surface area contributed by atoms with Crippen molar-refractivity contribution in [2.24, 2.45) is 0 Å². The van der Waals surface area contributed by atoms with Crippen LogP contribution in [0.2, 0.25) is 0 Å². The summed E-state index contributed by atoms with van der Waals surface area (Å²) in [6, 6.07) is 14.9. The smallest absolute Gasteiger partial charge is 0.268 e. The van der Waals surface area contributed by atoms with Crippen LogP contribution < -0.4 is 4.74 Å². The highest BCUT2D eigenvalue weighted by Crippen LogP contribution is 2.37. The second-order valence-corrected chi connectivity index (χ2v) is 4.43. The van der Waals surface area contributed by atoms with Gasteiger partial charge in [0.25, 0.3) is 5.79 Å². The van der Waals surface area contributed by atoms with E-state index in [1.807, 2.05) is 0 Å². The van der Waals surface area contributed by atoms with Gasteiger partial charge in [0, 0.05) is 5.56 Å². The van der Waals surface area contributed by atoms with Crippen LogP contribution in [0.25, 0.3) is 0 Å². The lowest BCUT2D eigenvalue weighted by Crippen LogP contribution is -2.52. The Morgan fingerprint density at radius 3 is 2.37 bits per heavy atom. The molecular formula is C15H12O4. The van der Waals surface area contributed by atoms with E-state index >= 15 is 0 Å². The van der Waals surface area contributed by atoms with Crippen LogP contribution >= 0.6 is 0 Å². The molecule has 1 aliphatic rings.